The molecule has 3 aromatic heterocycles. The highest BCUT2D eigenvalue weighted by Gasteiger charge is 2.33. The summed E-state index contributed by atoms with van der Waals surface area (Å²) in [6, 6.07) is 6.75. The number of benzene rings is 1. The Balaban J connectivity index is 1.49. The molecule has 0 aliphatic carbocycles. The number of β-amino-alcohol motifs (C(OH)–C–C–N with tert-alkyl or cyclic N) is 2. The van der Waals surface area contributed by atoms with Crippen molar-refractivity contribution in [3.63, 3.8) is 0 Å². The van der Waals surface area contributed by atoms with Gasteiger partial charge in [-0.1, -0.05) is 11.6 Å². The maximum Gasteiger partial charge on any atom is 0.261 e. The number of likely N-dealkylation sites (tertiary alicyclic amines) is 1. The largest absolute Gasteiger partial charge is 0.496 e. The van der Waals surface area contributed by atoms with E-state index in [2.05, 4.69) is 20.5 Å². The molecule has 1 aliphatic rings. The van der Waals surface area contributed by atoms with Gasteiger partial charge in [0, 0.05) is 42.3 Å². The number of amides is 1. The van der Waals surface area contributed by atoms with E-state index in [4.69, 9.17) is 16.3 Å². The van der Waals surface area contributed by atoms with Crippen molar-refractivity contribution in [3.05, 3.63) is 59.6 Å². The summed E-state index contributed by atoms with van der Waals surface area (Å²) in [6.07, 6.45) is 3.37. The number of methoxy groups -OCH3 is 1. The summed E-state index contributed by atoms with van der Waals surface area (Å²) in [5, 5.41) is 42.4. The molecule has 0 spiro atoms. The van der Waals surface area contributed by atoms with Gasteiger partial charge in [0.1, 0.15) is 23.2 Å². The Kier molecular flexibility index (Phi) is 6.60. The highest BCUT2D eigenvalue weighted by Crippen LogP contribution is 2.36. The number of aromatic nitrogens is 5. The predicted molar refractivity (Wildman–Crippen MR) is 130 cm³/mol. The van der Waals surface area contributed by atoms with E-state index in [1.807, 2.05) is 0 Å². The van der Waals surface area contributed by atoms with Crippen LogP contribution in [0.2, 0.25) is 5.02 Å². The first-order valence-corrected chi connectivity index (χ1v) is 11.5. The van der Waals surface area contributed by atoms with Gasteiger partial charge in [-0.15, -0.1) is 0 Å². The molecule has 1 amide bonds. The number of hydrogen-bond donors (Lipinski definition) is 4. The molecule has 4 aromatic rings. The second kappa shape index (κ2) is 9.84. The van der Waals surface area contributed by atoms with Crippen molar-refractivity contribution >= 4 is 28.8 Å². The van der Waals surface area contributed by atoms with Gasteiger partial charge in [-0.05, 0) is 24.3 Å². The third kappa shape index (κ3) is 4.64. The third-order valence-electron chi connectivity index (χ3n) is 6.01. The van der Waals surface area contributed by atoms with Gasteiger partial charge < -0.3 is 25.4 Å². The van der Waals surface area contributed by atoms with Gasteiger partial charge in [0.15, 0.2) is 5.65 Å². The van der Waals surface area contributed by atoms with Gasteiger partial charge in [0.25, 0.3) is 5.91 Å². The minimum absolute atomic E-state index is 0.0173. The van der Waals surface area contributed by atoms with Crippen molar-refractivity contribution < 1.29 is 24.9 Å². The van der Waals surface area contributed by atoms with Crippen molar-refractivity contribution in [1.29, 1.82) is 0 Å². The number of ether oxygens (including phenoxy) is 1. The fourth-order valence-electron chi connectivity index (χ4n) is 4.17. The van der Waals surface area contributed by atoms with Crippen molar-refractivity contribution in [2.24, 2.45) is 0 Å². The van der Waals surface area contributed by atoms with Gasteiger partial charge in [0.2, 0.25) is 0 Å². The molecule has 3 atom stereocenters. The number of nitrogens with one attached hydrogen (secondary N) is 1. The summed E-state index contributed by atoms with van der Waals surface area (Å²) in [6.45, 7) is 0.275. The van der Waals surface area contributed by atoms with Crippen molar-refractivity contribution in [2.75, 3.05) is 25.5 Å². The molecule has 0 bridgehead atoms. The zero-order valence-electron chi connectivity index (χ0n) is 19.2. The standard InChI is InChI=1S/C23H24ClN7O5/c1-36-19-4-3-13(24)7-14(19)21-16(27-23(35)15-8-26-31-6-2-5-25-22(15)31)9-30(28-21)12-20(34)29-10-17(32)18(33)11-29/h2-9,17-18,20,32-34H,10-12H2,1H3,(H,27,35)/t17-,18-,20?/m1/s1. The minimum Gasteiger partial charge on any atom is -0.496 e. The Morgan fingerprint density at radius 3 is 2.83 bits per heavy atom. The summed E-state index contributed by atoms with van der Waals surface area (Å²) in [5.74, 6) is 0.0426. The molecule has 36 heavy (non-hydrogen) atoms. The zero-order chi connectivity index (χ0) is 25.4. The number of aliphatic hydroxyl groups excluding tert-OH is 3. The van der Waals surface area contributed by atoms with Crippen LogP contribution in [0.4, 0.5) is 5.69 Å². The van der Waals surface area contributed by atoms with Crippen LogP contribution in [0.15, 0.2) is 49.1 Å². The van der Waals surface area contributed by atoms with E-state index in [9.17, 15) is 20.1 Å². The molecule has 1 unspecified atom stereocenters. The van der Waals surface area contributed by atoms with Crippen LogP contribution in [0, 0.1) is 0 Å². The molecule has 188 valence electrons. The van der Waals surface area contributed by atoms with E-state index >= 15 is 0 Å². The quantitative estimate of drug-likeness (QED) is 0.282. The summed E-state index contributed by atoms with van der Waals surface area (Å²) < 4.78 is 8.45. The Labute approximate surface area is 210 Å². The predicted octanol–water partition coefficient (Wildman–Crippen LogP) is 0.863. The molecule has 0 saturated carbocycles. The fraction of sp³-hybridized carbons (Fsp3) is 0.304. The molecule has 4 N–H and O–H groups in total. The van der Waals surface area contributed by atoms with Crippen LogP contribution in [0.5, 0.6) is 5.75 Å². The molecule has 0 radical (unpaired) electrons. The van der Waals surface area contributed by atoms with Crippen molar-refractivity contribution in [2.45, 2.75) is 25.0 Å². The summed E-state index contributed by atoms with van der Waals surface area (Å²) in [7, 11) is 1.51. The maximum atomic E-state index is 13.2. The normalized spacial score (nSPS) is 19.0. The Bertz CT molecular complexity index is 1400. The topological polar surface area (TPSA) is 150 Å². The highest BCUT2D eigenvalue weighted by atomic mass is 35.5. The van der Waals surface area contributed by atoms with Gasteiger partial charge in [-0.3, -0.25) is 14.4 Å². The van der Waals surface area contributed by atoms with Crippen molar-refractivity contribution in [1.82, 2.24) is 29.3 Å². The van der Waals surface area contributed by atoms with Gasteiger partial charge in [0.05, 0.1) is 37.7 Å². The van der Waals surface area contributed by atoms with Crippen molar-refractivity contribution in [3.8, 4) is 17.0 Å². The van der Waals surface area contributed by atoms with E-state index in [0.717, 1.165) is 0 Å². The Morgan fingerprint density at radius 1 is 1.31 bits per heavy atom. The molecule has 1 fully saturated rings. The fourth-order valence-corrected chi connectivity index (χ4v) is 4.34. The number of halogens is 1. The van der Waals surface area contributed by atoms with Crippen LogP contribution in [-0.4, -0.2) is 89.1 Å². The van der Waals surface area contributed by atoms with Crippen LogP contribution < -0.4 is 10.1 Å². The Hall–Kier alpha value is -3.55. The van der Waals surface area contributed by atoms with Gasteiger partial charge in [-0.2, -0.15) is 10.2 Å². The van der Waals surface area contributed by atoms with Gasteiger partial charge in [-0.25, -0.2) is 9.50 Å². The average Bonchev–Trinajstić information content (AvgIpc) is 3.56. The molecule has 12 nitrogen and oxygen atoms in total. The zero-order valence-corrected chi connectivity index (χ0v) is 19.9. The minimum atomic E-state index is -1.03. The second-order valence-corrected chi connectivity index (χ2v) is 8.86. The number of carbonyl (C=O) groups is 1. The van der Waals surface area contributed by atoms with Crippen LogP contribution >= 0.6 is 11.6 Å². The van der Waals surface area contributed by atoms with E-state index in [1.165, 1.54) is 22.5 Å². The molecule has 1 saturated heterocycles. The number of carbonyl (C=O) groups excluding carboxylic acids is 1. The lowest BCUT2D eigenvalue weighted by atomic mass is 10.1. The lowest BCUT2D eigenvalue weighted by Gasteiger charge is -2.22. The third-order valence-corrected chi connectivity index (χ3v) is 6.24. The summed E-state index contributed by atoms with van der Waals surface area (Å²) in [5.41, 5.74) is 1.93. The summed E-state index contributed by atoms with van der Waals surface area (Å²) >= 11 is 6.24. The van der Waals surface area contributed by atoms with E-state index < -0.39 is 24.3 Å². The lowest BCUT2D eigenvalue weighted by Crippen LogP contribution is -2.37. The van der Waals surface area contributed by atoms with Crippen LogP contribution in [0.1, 0.15) is 10.4 Å². The lowest BCUT2D eigenvalue weighted by molar-refractivity contribution is -0.00420. The first-order chi connectivity index (χ1) is 17.3. The molecular weight excluding hydrogens is 490 g/mol. The first kappa shape index (κ1) is 24.2. The van der Waals surface area contributed by atoms with E-state index in [-0.39, 0.29) is 25.2 Å². The number of rotatable bonds is 7. The SMILES string of the molecule is COc1ccc(Cl)cc1-c1nn(CC(O)N2C[C@@H](O)[C@H](O)C2)cc1NC(=O)c1cnn2cccnc12. The number of anilines is 1. The molecule has 13 heteroatoms. The number of hydrogen-bond acceptors (Lipinski definition) is 9. The average molecular weight is 514 g/mol. The van der Waals surface area contributed by atoms with Gasteiger partial charge >= 0.3 is 0 Å². The molecule has 5 rings (SSSR count). The van der Waals surface area contributed by atoms with Crippen LogP contribution in [0.3, 0.4) is 0 Å². The smallest absolute Gasteiger partial charge is 0.261 e. The number of nitrogens with zero attached hydrogens (tertiary/aromatic N) is 6. The number of aliphatic hydroxyl groups is 3. The van der Waals surface area contributed by atoms with Crippen LogP contribution in [0.25, 0.3) is 16.9 Å². The first-order valence-electron chi connectivity index (χ1n) is 11.1. The molecule has 1 aromatic carbocycles. The maximum absolute atomic E-state index is 13.2. The monoisotopic (exact) mass is 513 g/mol. The van der Waals surface area contributed by atoms with E-state index in [1.54, 1.807) is 47.8 Å². The molecule has 4 heterocycles. The number of fused-ring (bicyclic) bond motifs is 1. The van der Waals surface area contributed by atoms with E-state index in [0.29, 0.717) is 33.4 Å². The molecular formula is C23H24ClN7O5. The highest BCUT2D eigenvalue weighted by molar-refractivity contribution is 6.31. The van der Waals surface area contributed by atoms with Crippen LogP contribution in [-0.2, 0) is 6.54 Å². The second-order valence-electron chi connectivity index (χ2n) is 8.43. The summed E-state index contributed by atoms with van der Waals surface area (Å²) in [4.78, 5) is 19.0. The Morgan fingerprint density at radius 2 is 2.08 bits per heavy atom. The molecule has 1 aliphatic heterocycles.